The third-order valence-electron chi connectivity index (χ3n) is 4.43. The molecule has 1 heterocycles. The Morgan fingerprint density at radius 3 is 2.62 bits per heavy atom. The molecule has 0 atom stereocenters. The molecule has 6 nitrogen and oxygen atoms in total. The van der Waals surface area contributed by atoms with Crippen LogP contribution in [-0.2, 0) is 11.2 Å². The third kappa shape index (κ3) is 4.24. The van der Waals surface area contributed by atoms with Gasteiger partial charge in [0.1, 0.15) is 12.1 Å². The molecule has 29 heavy (non-hydrogen) atoms. The predicted octanol–water partition coefficient (Wildman–Crippen LogP) is 5.07. The standard InChI is InChI=1S/C22H19FN4O2/c1-13-9-15-3-8-19(22(23)18(15)10-13)29-21-11-20(24-12-25-21)27-17-6-4-16(5-7-17)26-14(2)28/h3-8,10-12H,9H2,1-2H3,(H,26,28)(H,24,25,27). The van der Waals surface area contributed by atoms with Crippen LogP contribution in [0.1, 0.15) is 25.0 Å². The molecule has 7 heteroatoms. The van der Waals surface area contributed by atoms with E-state index in [4.69, 9.17) is 4.74 Å². The summed E-state index contributed by atoms with van der Waals surface area (Å²) in [6, 6.07) is 12.3. The monoisotopic (exact) mass is 390 g/mol. The number of amides is 1. The van der Waals surface area contributed by atoms with Crippen LogP contribution >= 0.6 is 0 Å². The van der Waals surface area contributed by atoms with Gasteiger partial charge in [-0.15, -0.1) is 0 Å². The summed E-state index contributed by atoms with van der Waals surface area (Å²) in [5, 5.41) is 5.83. The maximum Gasteiger partial charge on any atom is 0.224 e. The number of rotatable bonds is 5. The highest BCUT2D eigenvalue weighted by Crippen LogP contribution is 2.34. The molecule has 0 saturated heterocycles. The molecular formula is C22H19FN4O2. The molecule has 0 radical (unpaired) electrons. The molecule has 1 aromatic heterocycles. The smallest absolute Gasteiger partial charge is 0.224 e. The Bertz CT molecular complexity index is 1110. The molecule has 0 spiro atoms. The van der Waals surface area contributed by atoms with Crippen molar-refractivity contribution in [1.29, 1.82) is 0 Å². The van der Waals surface area contributed by atoms with Crippen LogP contribution in [0.3, 0.4) is 0 Å². The second-order valence-electron chi connectivity index (χ2n) is 6.85. The van der Waals surface area contributed by atoms with Crippen LogP contribution in [-0.4, -0.2) is 15.9 Å². The lowest BCUT2D eigenvalue weighted by Gasteiger charge is -2.10. The van der Waals surface area contributed by atoms with Gasteiger partial charge in [0, 0.05) is 29.9 Å². The first kappa shape index (κ1) is 18.6. The van der Waals surface area contributed by atoms with E-state index in [0.29, 0.717) is 17.1 Å². The van der Waals surface area contributed by atoms with Gasteiger partial charge >= 0.3 is 0 Å². The summed E-state index contributed by atoms with van der Waals surface area (Å²) in [4.78, 5) is 19.3. The number of carbonyl (C=O) groups excluding carboxylic acids is 1. The number of halogens is 1. The Balaban J connectivity index is 1.50. The van der Waals surface area contributed by atoms with Crippen molar-refractivity contribution < 1.29 is 13.9 Å². The molecule has 0 unspecified atom stereocenters. The topological polar surface area (TPSA) is 76.1 Å². The summed E-state index contributed by atoms with van der Waals surface area (Å²) in [5.41, 5.74) is 4.13. The number of anilines is 3. The van der Waals surface area contributed by atoms with E-state index < -0.39 is 0 Å². The summed E-state index contributed by atoms with van der Waals surface area (Å²) >= 11 is 0. The molecule has 0 aliphatic heterocycles. The molecule has 0 fully saturated rings. The number of nitrogens with zero attached hydrogens (tertiary/aromatic N) is 2. The van der Waals surface area contributed by atoms with Crippen LogP contribution in [0.25, 0.3) is 6.08 Å². The van der Waals surface area contributed by atoms with E-state index >= 15 is 0 Å². The molecule has 2 N–H and O–H groups in total. The molecule has 3 aromatic rings. The highest BCUT2D eigenvalue weighted by atomic mass is 19.1. The molecule has 146 valence electrons. The van der Waals surface area contributed by atoms with Gasteiger partial charge < -0.3 is 15.4 Å². The highest BCUT2D eigenvalue weighted by Gasteiger charge is 2.18. The summed E-state index contributed by atoms with van der Waals surface area (Å²) in [5.74, 6) is 0.335. The van der Waals surface area contributed by atoms with Crippen LogP contribution in [0.15, 0.2) is 54.4 Å². The average molecular weight is 390 g/mol. The molecule has 4 rings (SSSR count). The highest BCUT2D eigenvalue weighted by molar-refractivity contribution is 5.88. The fraction of sp³-hybridized carbons (Fsp3) is 0.136. The minimum absolute atomic E-state index is 0.124. The lowest BCUT2D eigenvalue weighted by molar-refractivity contribution is -0.114. The van der Waals surface area contributed by atoms with Crippen molar-refractivity contribution in [3.05, 3.63) is 71.3 Å². The second-order valence-corrected chi connectivity index (χ2v) is 6.85. The molecule has 0 saturated carbocycles. The van der Waals surface area contributed by atoms with Crippen molar-refractivity contribution in [1.82, 2.24) is 9.97 Å². The van der Waals surface area contributed by atoms with Crippen molar-refractivity contribution in [3.63, 3.8) is 0 Å². The number of benzene rings is 2. The SMILES string of the molecule is CC(=O)Nc1ccc(Nc2cc(Oc3ccc4c(c3F)C=C(C)C4)ncn2)cc1. The fourth-order valence-corrected chi connectivity index (χ4v) is 3.16. The van der Waals surface area contributed by atoms with Gasteiger partial charge in [-0.25, -0.2) is 14.4 Å². The summed E-state index contributed by atoms with van der Waals surface area (Å²) < 4.78 is 20.4. The quantitative estimate of drug-likeness (QED) is 0.636. The molecule has 1 aliphatic carbocycles. The van der Waals surface area contributed by atoms with Crippen molar-refractivity contribution in [2.45, 2.75) is 20.3 Å². The van der Waals surface area contributed by atoms with E-state index in [9.17, 15) is 9.18 Å². The zero-order chi connectivity index (χ0) is 20.4. The normalized spacial score (nSPS) is 12.2. The summed E-state index contributed by atoms with van der Waals surface area (Å²) in [6.07, 6.45) is 3.95. The molecular weight excluding hydrogens is 371 g/mol. The van der Waals surface area contributed by atoms with Crippen molar-refractivity contribution >= 4 is 29.2 Å². The lowest BCUT2D eigenvalue weighted by atomic mass is 10.1. The van der Waals surface area contributed by atoms with E-state index in [-0.39, 0.29) is 23.4 Å². The third-order valence-corrected chi connectivity index (χ3v) is 4.43. The number of carbonyl (C=O) groups is 1. The van der Waals surface area contributed by atoms with E-state index in [0.717, 1.165) is 23.2 Å². The number of ether oxygens (including phenoxy) is 1. The Morgan fingerprint density at radius 2 is 1.86 bits per heavy atom. The van der Waals surface area contributed by atoms with Crippen LogP contribution in [0.4, 0.5) is 21.6 Å². The van der Waals surface area contributed by atoms with Crippen molar-refractivity contribution in [2.75, 3.05) is 10.6 Å². The van der Waals surface area contributed by atoms with Gasteiger partial charge in [0.25, 0.3) is 0 Å². The van der Waals surface area contributed by atoms with Gasteiger partial charge in [0.2, 0.25) is 11.8 Å². The maximum atomic E-state index is 14.7. The van der Waals surface area contributed by atoms with E-state index in [1.807, 2.05) is 31.2 Å². The molecule has 1 amide bonds. The Hall–Kier alpha value is -3.74. The Morgan fingerprint density at radius 1 is 1.10 bits per heavy atom. The Kier molecular flexibility index (Phi) is 4.95. The van der Waals surface area contributed by atoms with E-state index in [2.05, 4.69) is 20.6 Å². The zero-order valence-electron chi connectivity index (χ0n) is 16.0. The number of fused-ring (bicyclic) bond motifs is 1. The van der Waals surface area contributed by atoms with Crippen LogP contribution in [0, 0.1) is 5.82 Å². The molecule has 0 bridgehead atoms. The second kappa shape index (κ2) is 7.71. The first-order valence-corrected chi connectivity index (χ1v) is 9.11. The first-order valence-electron chi connectivity index (χ1n) is 9.11. The Labute approximate surface area is 167 Å². The van der Waals surface area contributed by atoms with Crippen LogP contribution < -0.4 is 15.4 Å². The van der Waals surface area contributed by atoms with Crippen LogP contribution in [0.2, 0.25) is 0 Å². The lowest BCUT2D eigenvalue weighted by Crippen LogP contribution is -2.05. The van der Waals surface area contributed by atoms with E-state index in [1.165, 1.54) is 13.3 Å². The predicted molar refractivity (Wildman–Crippen MR) is 110 cm³/mol. The fourth-order valence-electron chi connectivity index (χ4n) is 3.16. The maximum absolute atomic E-state index is 14.7. The van der Waals surface area contributed by atoms with Gasteiger partial charge in [-0.1, -0.05) is 17.7 Å². The van der Waals surface area contributed by atoms with Gasteiger partial charge in [0.05, 0.1) is 0 Å². The van der Waals surface area contributed by atoms with Gasteiger partial charge in [-0.3, -0.25) is 4.79 Å². The number of nitrogens with one attached hydrogen (secondary N) is 2. The minimum Gasteiger partial charge on any atom is -0.436 e. The average Bonchev–Trinajstić information content (AvgIpc) is 3.07. The first-order chi connectivity index (χ1) is 14.0. The zero-order valence-corrected chi connectivity index (χ0v) is 16.0. The summed E-state index contributed by atoms with van der Waals surface area (Å²) in [6.45, 7) is 3.43. The van der Waals surface area contributed by atoms with Gasteiger partial charge in [-0.05, 0) is 49.2 Å². The van der Waals surface area contributed by atoms with Gasteiger partial charge in [0.15, 0.2) is 11.6 Å². The molecule has 2 aromatic carbocycles. The van der Waals surface area contributed by atoms with Crippen molar-refractivity contribution in [2.24, 2.45) is 0 Å². The number of hydrogen-bond acceptors (Lipinski definition) is 5. The number of allylic oxidation sites excluding steroid dienone is 1. The van der Waals surface area contributed by atoms with E-state index in [1.54, 1.807) is 24.3 Å². The minimum atomic E-state index is -0.388. The number of aromatic nitrogens is 2. The van der Waals surface area contributed by atoms with Crippen LogP contribution in [0.5, 0.6) is 11.6 Å². The van der Waals surface area contributed by atoms with Crippen molar-refractivity contribution in [3.8, 4) is 11.6 Å². The van der Waals surface area contributed by atoms with Gasteiger partial charge in [-0.2, -0.15) is 0 Å². The largest absolute Gasteiger partial charge is 0.436 e. The summed E-state index contributed by atoms with van der Waals surface area (Å²) in [7, 11) is 0. The number of hydrogen-bond donors (Lipinski definition) is 2. The molecule has 1 aliphatic rings.